The number of hydrogen-bond donors (Lipinski definition) is 0. The number of alkyl halides is 3. The number of thiazole rings is 1. The van der Waals surface area contributed by atoms with Crippen LogP contribution in [0.2, 0.25) is 0 Å². The minimum atomic E-state index is -4.88. The fourth-order valence-electron chi connectivity index (χ4n) is 2.79. The van der Waals surface area contributed by atoms with Gasteiger partial charge in [0.15, 0.2) is 4.80 Å². The van der Waals surface area contributed by atoms with E-state index in [1.807, 2.05) is 6.92 Å². The van der Waals surface area contributed by atoms with Crippen molar-refractivity contribution < 1.29 is 27.1 Å². The van der Waals surface area contributed by atoms with Crippen LogP contribution in [0, 0.1) is 12.7 Å². The van der Waals surface area contributed by atoms with E-state index in [9.17, 15) is 22.4 Å². The van der Waals surface area contributed by atoms with E-state index in [2.05, 4.69) is 4.99 Å². The third-order valence-electron chi connectivity index (χ3n) is 3.99. The molecule has 140 valence electrons. The minimum Gasteiger partial charge on any atom is -0.376 e. The van der Waals surface area contributed by atoms with Crippen LogP contribution in [0.1, 0.15) is 33.6 Å². The molecule has 0 unspecified atom stereocenters. The van der Waals surface area contributed by atoms with E-state index in [0.717, 1.165) is 29.9 Å². The summed E-state index contributed by atoms with van der Waals surface area (Å²) in [6.45, 7) is 2.99. The number of ether oxygens (including phenoxy) is 1. The van der Waals surface area contributed by atoms with Gasteiger partial charge in [0.25, 0.3) is 5.91 Å². The van der Waals surface area contributed by atoms with Gasteiger partial charge in [-0.3, -0.25) is 4.79 Å². The normalized spacial score (nSPS) is 18.5. The van der Waals surface area contributed by atoms with E-state index >= 15 is 0 Å². The number of benzene rings is 1. The molecule has 1 aliphatic rings. The van der Waals surface area contributed by atoms with Crippen molar-refractivity contribution in [3.8, 4) is 0 Å². The lowest BCUT2D eigenvalue weighted by molar-refractivity contribution is -0.140. The standard InChI is InChI=1S/C17H16F4N2O2S/c1-10-8-23(9-11-4-3-7-25-11)16(26-10)22-15(24)12-5-2-6-13(14(12)18)17(19,20)21/h2,5-6,8,11H,3-4,7,9H2,1H3/t11-/m1/s1. The molecule has 3 rings (SSSR count). The predicted octanol–water partition coefficient (Wildman–Crippen LogP) is 3.94. The molecule has 0 bridgehead atoms. The van der Waals surface area contributed by atoms with Gasteiger partial charge in [0, 0.05) is 17.7 Å². The maximum atomic E-state index is 14.1. The van der Waals surface area contributed by atoms with Gasteiger partial charge in [0.05, 0.1) is 23.8 Å². The monoisotopic (exact) mass is 388 g/mol. The van der Waals surface area contributed by atoms with Crippen LogP contribution in [0.15, 0.2) is 29.4 Å². The summed E-state index contributed by atoms with van der Waals surface area (Å²) in [6.07, 6.45) is -1.24. The third-order valence-corrected chi connectivity index (χ3v) is 4.93. The topological polar surface area (TPSA) is 43.6 Å². The highest BCUT2D eigenvalue weighted by molar-refractivity contribution is 7.09. The number of aromatic nitrogens is 1. The second-order valence-electron chi connectivity index (χ2n) is 5.99. The van der Waals surface area contributed by atoms with E-state index in [1.54, 1.807) is 10.8 Å². The van der Waals surface area contributed by atoms with Crippen molar-refractivity contribution in [3.05, 3.63) is 51.0 Å². The average Bonchev–Trinajstić information content (AvgIpc) is 3.17. The molecule has 2 heterocycles. The molecule has 1 aromatic carbocycles. The molecule has 0 saturated carbocycles. The minimum absolute atomic E-state index is 0.00310. The first-order valence-corrected chi connectivity index (χ1v) is 8.80. The number of amides is 1. The predicted molar refractivity (Wildman–Crippen MR) is 87.3 cm³/mol. The SMILES string of the molecule is Cc1cn(C[C@H]2CCCO2)c(=NC(=O)c2cccc(C(F)(F)F)c2F)s1. The Kier molecular flexibility index (Phi) is 5.29. The molecule has 1 aromatic heterocycles. The molecule has 1 amide bonds. The summed E-state index contributed by atoms with van der Waals surface area (Å²) in [5.41, 5.74) is -2.18. The Morgan fingerprint density at radius 2 is 2.19 bits per heavy atom. The quantitative estimate of drug-likeness (QED) is 0.748. The summed E-state index contributed by atoms with van der Waals surface area (Å²) < 4.78 is 59.9. The van der Waals surface area contributed by atoms with Crippen LogP contribution < -0.4 is 4.80 Å². The van der Waals surface area contributed by atoms with Crippen LogP contribution in [-0.2, 0) is 17.5 Å². The number of halogens is 4. The Bertz CT molecular complexity index is 880. The van der Waals surface area contributed by atoms with E-state index in [1.165, 1.54) is 11.3 Å². The molecule has 0 aliphatic carbocycles. The molecule has 1 aliphatic heterocycles. The number of carbonyl (C=O) groups excluding carboxylic acids is 1. The molecule has 1 fully saturated rings. The van der Waals surface area contributed by atoms with Gasteiger partial charge in [-0.1, -0.05) is 6.07 Å². The lowest BCUT2D eigenvalue weighted by atomic mass is 10.1. The summed E-state index contributed by atoms with van der Waals surface area (Å²) >= 11 is 1.21. The second kappa shape index (κ2) is 7.32. The summed E-state index contributed by atoms with van der Waals surface area (Å²) in [4.78, 5) is 17.3. The molecule has 0 spiro atoms. The lowest BCUT2D eigenvalue weighted by Crippen LogP contribution is -2.23. The van der Waals surface area contributed by atoms with Crippen LogP contribution in [0.4, 0.5) is 17.6 Å². The number of aryl methyl sites for hydroxylation is 1. The smallest absolute Gasteiger partial charge is 0.376 e. The largest absolute Gasteiger partial charge is 0.419 e. The Morgan fingerprint density at radius 3 is 2.85 bits per heavy atom. The summed E-state index contributed by atoms with van der Waals surface area (Å²) in [5.74, 6) is -2.65. The maximum Gasteiger partial charge on any atom is 0.419 e. The van der Waals surface area contributed by atoms with Crippen LogP contribution in [0.3, 0.4) is 0 Å². The average molecular weight is 388 g/mol. The second-order valence-corrected chi connectivity index (χ2v) is 7.21. The van der Waals surface area contributed by atoms with Gasteiger partial charge < -0.3 is 9.30 Å². The van der Waals surface area contributed by atoms with Crippen LogP contribution in [-0.4, -0.2) is 23.2 Å². The van der Waals surface area contributed by atoms with Gasteiger partial charge in [-0.25, -0.2) is 4.39 Å². The first-order chi connectivity index (χ1) is 12.3. The van der Waals surface area contributed by atoms with Crippen molar-refractivity contribution in [1.29, 1.82) is 0 Å². The highest BCUT2D eigenvalue weighted by atomic mass is 32.1. The first-order valence-electron chi connectivity index (χ1n) is 7.99. The molecule has 26 heavy (non-hydrogen) atoms. The Labute approximate surface area is 150 Å². The molecule has 9 heteroatoms. The van der Waals surface area contributed by atoms with E-state index < -0.39 is 29.0 Å². The van der Waals surface area contributed by atoms with Crippen molar-refractivity contribution in [2.24, 2.45) is 4.99 Å². The van der Waals surface area contributed by atoms with Gasteiger partial charge in [-0.05, 0) is 31.9 Å². The fourth-order valence-corrected chi connectivity index (χ4v) is 3.63. The Balaban J connectivity index is 1.95. The molecule has 0 radical (unpaired) electrons. The Morgan fingerprint density at radius 1 is 1.42 bits per heavy atom. The van der Waals surface area contributed by atoms with Gasteiger partial charge >= 0.3 is 6.18 Å². The van der Waals surface area contributed by atoms with Crippen molar-refractivity contribution >= 4 is 17.2 Å². The molecular weight excluding hydrogens is 372 g/mol. The number of carbonyl (C=O) groups is 1. The van der Waals surface area contributed by atoms with Crippen molar-refractivity contribution in [3.63, 3.8) is 0 Å². The van der Waals surface area contributed by atoms with Crippen molar-refractivity contribution in [2.75, 3.05) is 6.61 Å². The van der Waals surface area contributed by atoms with Gasteiger partial charge in [0.2, 0.25) is 0 Å². The number of rotatable bonds is 3. The summed E-state index contributed by atoms with van der Waals surface area (Å²) in [6, 6.07) is 2.59. The Hall–Kier alpha value is -2.00. The molecule has 1 atom stereocenters. The highest BCUT2D eigenvalue weighted by Crippen LogP contribution is 2.32. The zero-order valence-corrected chi connectivity index (χ0v) is 14.7. The van der Waals surface area contributed by atoms with Crippen LogP contribution >= 0.6 is 11.3 Å². The van der Waals surface area contributed by atoms with E-state index in [4.69, 9.17) is 4.74 Å². The van der Waals surface area contributed by atoms with Gasteiger partial charge in [-0.2, -0.15) is 18.2 Å². The highest BCUT2D eigenvalue weighted by Gasteiger charge is 2.35. The summed E-state index contributed by atoms with van der Waals surface area (Å²) in [5, 5.41) is 0. The molecule has 2 aromatic rings. The molecule has 4 nitrogen and oxygen atoms in total. The van der Waals surface area contributed by atoms with Crippen LogP contribution in [0.5, 0.6) is 0 Å². The van der Waals surface area contributed by atoms with Crippen LogP contribution in [0.25, 0.3) is 0 Å². The van der Waals surface area contributed by atoms with Gasteiger partial charge in [-0.15, -0.1) is 11.3 Å². The van der Waals surface area contributed by atoms with Gasteiger partial charge in [0.1, 0.15) is 5.82 Å². The third kappa shape index (κ3) is 4.04. The lowest BCUT2D eigenvalue weighted by Gasteiger charge is -2.10. The van der Waals surface area contributed by atoms with Crippen molar-refractivity contribution in [1.82, 2.24) is 4.57 Å². The first kappa shape index (κ1) is 18.8. The molecule has 0 N–H and O–H groups in total. The fraction of sp³-hybridized carbons (Fsp3) is 0.412. The van der Waals surface area contributed by atoms with E-state index in [0.29, 0.717) is 24.0 Å². The number of hydrogen-bond acceptors (Lipinski definition) is 3. The molecule has 1 saturated heterocycles. The zero-order valence-electron chi connectivity index (χ0n) is 13.8. The zero-order chi connectivity index (χ0) is 18.9. The number of nitrogens with zero attached hydrogens (tertiary/aromatic N) is 2. The van der Waals surface area contributed by atoms with E-state index in [-0.39, 0.29) is 6.10 Å². The van der Waals surface area contributed by atoms with Crippen molar-refractivity contribution in [2.45, 2.75) is 38.6 Å². The summed E-state index contributed by atoms with van der Waals surface area (Å²) in [7, 11) is 0. The molecular formula is C17H16F4N2O2S. The maximum absolute atomic E-state index is 14.1.